The van der Waals surface area contributed by atoms with Crippen LogP contribution in [-0.2, 0) is 14.8 Å². The third-order valence-electron chi connectivity index (χ3n) is 4.49. The molecule has 1 amide bonds. The fraction of sp³-hybridized carbons (Fsp3) is 0.632. The molecule has 1 N–H and O–H groups in total. The molecule has 0 aliphatic rings. The number of halogens is 2. The fourth-order valence-electron chi connectivity index (χ4n) is 2.80. The molecule has 1 atom stereocenters. The monoisotopic (exact) mass is 420 g/mol. The minimum absolute atomic E-state index is 0.0875. The highest BCUT2D eigenvalue weighted by Crippen LogP contribution is 2.24. The lowest BCUT2D eigenvalue weighted by molar-refractivity contribution is -0.121. The Morgan fingerprint density at radius 1 is 1.30 bits per heavy atom. The van der Waals surface area contributed by atoms with Gasteiger partial charge in [0.2, 0.25) is 15.9 Å². The molecule has 0 aliphatic carbocycles. The SMILES string of the molecule is CCCCC(CC)CNC(=O)CCCN(c1ccc(F)c(Cl)c1)S(C)(=O)=O. The minimum Gasteiger partial charge on any atom is -0.356 e. The van der Waals surface area contributed by atoms with Crippen molar-refractivity contribution >= 4 is 33.2 Å². The van der Waals surface area contributed by atoms with Gasteiger partial charge in [0.05, 0.1) is 17.0 Å². The first kappa shape index (κ1) is 23.7. The summed E-state index contributed by atoms with van der Waals surface area (Å²) in [5.74, 6) is -0.222. The highest BCUT2D eigenvalue weighted by atomic mass is 35.5. The number of nitrogens with zero attached hydrogens (tertiary/aromatic N) is 1. The molecule has 1 rings (SSSR count). The van der Waals surface area contributed by atoms with Gasteiger partial charge in [0.15, 0.2) is 0 Å². The minimum atomic E-state index is -3.56. The van der Waals surface area contributed by atoms with Crippen LogP contribution in [0.3, 0.4) is 0 Å². The Kier molecular flexibility index (Phi) is 10.1. The summed E-state index contributed by atoms with van der Waals surface area (Å²) in [6, 6.07) is 3.77. The Balaban J connectivity index is 2.57. The summed E-state index contributed by atoms with van der Waals surface area (Å²) in [5.41, 5.74) is 0.287. The van der Waals surface area contributed by atoms with Crippen LogP contribution >= 0.6 is 11.6 Å². The van der Waals surface area contributed by atoms with E-state index in [9.17, 15) is 17.6 Å². The van der Waals surface area contributed by atoms with Crippen LogP contribution in [-0.4, -0.2) is 33.7 Å². The Morgan fingerprint density at radius 3 is 2.56 bits per heavy atom. The van der Waals surface area contributed by atoms with Crippen LogP contribution in [0.2, 0.25) is 5.02 Å². The number of anilines is 1. The number of unbranched alkanes of at least 4 members (excludes halogenated alkanes) is 1. The van der Waals surface area contributed by atoms with E-state index < -0.39 is 15.8 Å². The molecular formula is C19H30ClFN2O3S. The zero-order valence-electron chi connectivity index (χ0n) is 16.3. The average Bonchev–Trinajstić information content (AvgIpc) is 2.60. The Bertz CT molecular complexity index is 713. The van der Waals surface area contributed by atoms with Crippen molar-refractivity contribution in [3.8, 4) is 0 Å². The smallest absolute Gasteiger partial charge is 0.232 e. The number of sulfonamides is 1. The molecule has 5 nitrogen and oxygen atoms in total. The molecular weight excluding hydrogens is 391 g/mol. The van der Waals surface area contributed by atoms with E-state index in [2.05, 4.69) is 19.2 Å². The molecule has 1 aromatic carbocycles. The molecule has 1 unspecified atom stereocenters. The Hall–Kier alpha value is -1.34. The van der Waals surface area contributed by atoms with Crippen molar-refractivity contribution < 1.29 is 17.6 Å². The molecule has 0 aliphatic heterocycles. The van der Waals surface area contributed by atoms with Gasteiger partial charge in [0.25, 0.3) is 0 Å². The van der Waals surface area contributed by atoms with Gasteiger partial charge in [-0.25, -0.2) is 12.8 Å². The van der Waals surface area contributed by atoms with Crippen LogP contribution in [0, 0.1) is 11.7 Å². The summed E-state index contributed by atoms with van der Waals surface area (Å²) in [7, 11) is -3.56. The molecule has 1 aromatic rings. The van der Waals surface area contributed by atoms with Gasteiger partial charge in [0.1, 0.15) is 5.82 Å². The van der Waals surface area contributed by atoms with Crippen molar-refractivity contribution in [3.05, 3.63) is 29.0 Å². The topological polar surface area (TPSA) is 66.5 Å². The summed E-state index contributed by atoms with van der Waals surface area (Å²) >= 11 is 5.75. The molecule has 0 fully saturated rings. The van der Waals surface area contributed by atoms with Crippen molar-refractivity contribution in [2.45, 2.75) is 52.4 Å². The predicted octanol–water partition coefficient (Wildman–Crippen LogP) is 4.36. The third kappa shape index (κ3) is 8.47. The number of nitrogens with one attached hydrogen (secondary N) is 1. The number of hydrogen-bond acceptors (Lipinski definition) is 3. The second-order valence-corrected chi connectivity index (χ2v) is 9.07. The van der Waals surface area contributed by atoms with Gasteiger partial charge >= 0.3 is 0 Å². The van der Waals surface area contributed by atoms with E-state index in [0.717, 1.165) is 42.3 Å². The van der Waals surface area contributed by atoms with Crippen LogP contribution in [0.4, 0.5) is 10.1 Å². The first-order chi connectivity index (χ1) is 12.7. The quantitative estimate of drug-likeness (QED) is 0.546. The van der Waals surface area contributed by atoms with Gasteiger partial charge in [-0.05, 0) is 37.0 Å². The van der Waals surface area contributed by atoms with E-state index in [0.29, 0.717) is 18.9 Å². The summed E-state index contributed by atoms with van der Waals surface area (Å²) in [6.07, 6.45) is 6.07. The van der Waals surface area contributed by atoms with E-state index in [1.165, 1.54) is 12.1 Å². The van der Waals surface area contributed by atoms with Crippen molar-refractivity contribution in [2.24, 2.45) is 5.92 Å². The number of amides is 1. The van der Waals surface area contributed by atoms with Crippen molar-refractivity contribution in [1.29, 1.82) is 0 Å². The third-order valence-corrected chi connectivity index (χ3v) is 5.97. The normalized spacial score (nSPS) is 12.6. The fourth-order valence-corrected chi connectivity index (χ4v) is 3.93. The van der Waals surface area contributed by atoms with E-state index in [1.807, 2.05) is 0 Å². The molecule has 0 bridgehead atoms. The van der Waals surface area contributed by atoms with Gasteiger partial charge in [-0.3, -0.25) is 9.10 Å². The summed E-state index contributed by atoms with van der Waals surface area (Å²) in [5, 5.41) is 2.79. The van der Waals surface area contributed by atoms with Crippen LogP contribution in [0.1, 0.15) is 52.4 Å². The van der Waals surface area contributed by atoms with Gasteiger partial charge in [-0.15, -0.1) is 0 Å². The maximum atomic E-state index is 13.3. The maximum absolute atomic E-state index is 13.3. The molecule has 154 valence electrons. The van der Waals surface area contributed by atoms with Crippen LogP contribution in [0.15, 0.2) is 18.2 Å². The first-order valence-electron chi connectivity index (χ1n) is 9.38. The molecule has 27 heavy (non-hydrogen) atoms. The molecule has 8 heteroatoms. The van der Waals surface area contributed by atoms with Crippen molar-refractivity contribution in [1.82, 2.24) is 5.32 Å². The average molecular weight is 421 g/mol. The lowest BCUT2D eigenvalue weighted by atomic mass is 9.99. The number of rotatable bonds is 12. The number of carbonyl (C=O) groups is 1. The molecule has 0 radical (unpaired) electrons. The lowest BCUT2D eigenvalue weighted by Crippen LogP contribution is -2.33. The van der Waals surface area contributed by atoms with Crippen molar-refractivity contribution in [2.75, 3.05) is 23.7 Å². The zero-order chi connectivity index (χ0) is 20.4. The maximum Gasteiger partial charge on any atom is 0.232 e. The number of carbonyl (C=O) groups excluding carboxylic acids is 1. The lowest BCUT2D eigenvalue weighted by Gasteiger charge is -2.22. The highest BCUT2D eigenvalue weighted by Gasteiger charge is 2.19. The van der Waals surface area contributed by atoms with Crippen LogP contribution < -0.4 is 9.62 Å². The van der Waals surface area contributed by atoms with E-state index >= 15 is 0 Å². The standard InChI is InChI=1S/C19H30ClFN2O3S/c1-4-6-8-15(5-2)14-22-19(24)9-7-12-23(27(3,25)26)16-10-11-18(21)17(20)13-16/h10-11,13,15H,4-9,12,14H2,1-3H3,(H,22,24). The van der Waals surface area contributed by atoms with Crippen LogP contribution in [0.25, 0.3) is 0 Å². The van der Waals surface area contributed by atoms with Gasteiger partial charge in [-0.1, -0.05) is 44.7 Å². The second kappa shape index (κ2) is 11.5. The van der Waals surface area contributed by atoms with Gasteiger partial charge < -0.3 is 5.32 Å². The number of benzene rings is 1. The van der Waals surface area contributed by atoms with Gasteiger partial charge in [-0.2, -0.15) is 0 Å². The molecule has 0 heterocycles. The second-order valence-electron chi connectivity index (χ2n) is 6.76. The van der Waals surface area contributed by atoms with Crippen LogP contribution in [0.5, 0.6) is 0 Å². The highest BCUT2D eigenvalue weighted by molar-refractivity contribution is 7.92. The first-order valence-corrected chi connectivity index (χ1v) is 11.6. The van der Waals surface area contributed by atoms with Gasteiger partial charge in [0, 0.05) is 19.5 Å². The van der Waals surface area contributed by atoms with Crippen molar-refractivity contribution in [3.63, 3.8) is 0 Å². The predicted molar refractivity (Wildman–Crippen MR) is 109 cm³/mol. The summed E-state index contributed by atoms with van der Waals surface area (Å²) in [4.78, 5) is 12.1. The largest absolute Gasteiger partial charge is 0.356 e. The Morgan fingerprint density at radius 2 is 2.00 bits per heavy atom. The Labute approximate surface area is 167 Å². The molecule has 0 aromatic heterocycles. The molecule has 0 saturated carbocycles. The van der Waals surface area contributed by atoms with E-state index in [1.54, 1.807) is 0 Å². The number of hydrogen-bond donors (Lipinski definition) is 1. The van der Waals surface area contributed by atoms with E-state index in [4.69, 9.17) is 11.6 Å². The molecule has 0 spiro atoms. The zero-order valence-corrected chi connectivity index (χ0v) is 17.9. The summed E-state index contributed by atoms with van der Waals surface area (Å²) < 4.78 is 38.6. The summed E-state index contributed by atoms with van der Waals surface area (Å²) in [6.45, 7) is 5.04. The molecule has 0 saturated heterocycles. The van der Waals surface area contributed by atoms with E-state index in [-0.39, 0.29) is 29.6 Å².